The van der Waals surface area contributed by atoms with Crippen molar-refractivity contribution in [2.75, 3.05) is 0 Å². The van der Waals surface area contributed by atoms with Gasteiger partial charge < -0.3 is 22.3 Å². The molecule has 2 aliphatic heterocycles. The van der Waals surface area contributed by atoms with Gasteiger partial charge in [0.15, 0.2) is 5.70 Å². The summed E-state index contributed by atoms with van der Waals surface area (Å²) >= 11 is 0. The topological polar surface area (TPSA) is 34.2 Å². The molecule has 0 saturated carbocycles. The van der Waals surface area contributed by atoms with Crippen LogP contribution in [0, 0.1) is 25.2 Å². The molecular weight excluding hydrogens is 661 g/mol. The lowest BCUT2D eigenvalue weighted by atomic mass is 9.62. The van der Waals surface area contributed by atoms with Gasteiger partial charge in [0, 0.05) is 36.1 Å². The van der Waals surface area contributed by atoms with E-state index in [0.717, 1.165) is 28.7 Å². The fourth-order valence-electron chi connectivity index (χ4n) is 9.99. The minimum Gasteiger partial charge on any atom is -0.427 e. The van der Waals surface area contributed by atoms with Gasteiger partial charge in [0.2, 0.25) is 0 Å². The highest BCUT2D eigenvalue weighted by atomic mass is 19.2. The lowest BCUT2D eigenvalue weighted by Gasteiger charge is -2.45. The number of esters is 1. The molecule has 0 N–H and O–H groups in total. The van der Waals surface area contributed by atoms with Crippen LogP contribution in [0.25, 0.3) is 48.7 Å². The lowest BCUT2D eigenvalue weighted by molar-refractivity contribution is -0.364. The van der Waals surface area contributed by atoms with Crippen molar-refractivity contribution in [3.8, 4) is 0 Å². The van der Waals surface area contributed by atoms with E-state index in [1.807, 2.05) is 45.1 Å². The highest BCUT2D eigenvalue weighted by Gasteiger charge is 2.58. The minimum absolute atomic E-state index is 0.135. The number of hydrogen-bond acceptors (Lipinski definition) is 2. The maximum Gasteiger partial charge on any atom is 0.737 e. The van der Waals surface area contributed by atoms with Crippen LogP contribution in [0.5, 0.6) is 0 Å². The van der Waals surface area contributed by atoms with Crippen LogP contribution in [0.4, 0.5) is 8.63 Å². The number of hydrogen-bond donors (Lipinski definition) is 0. The van der Waals surface area contributed by atoms with Crippen molar-refractivity contribution in [1.29, 1.82) is 0 Å². The summed E-state index contributed by atoms with van der Waals surface area (Å²) < 4.78 is 41.2. The Hall–Kier alpha value is -5.30. The van der Waals surface area contributed by atoms with Crippen molar-refractivity contribution in [3.05, 3.63) is 136 Å². The second kappa shape index (κ2) is 11.6. The Labute approximate surface area is 308 Å². The van der Waals surface area contributed by atoms with Crippen molar-refractivity contribution in [1.82, 2.24) is 4.48 Å². The van der Waals surface area contributed by atoms with Gasteiger partial charge >= 0.3 is 12.9 Å². The average Bonchev–Trinajstić information content (AvgIpc) is 3.60. The van der Waals surface area contributed by atoms with E-state index < -0.39 is 12.4 Å². The number of ether oxygens (including phenoxy) is 1. The predicted molar refractivity (Wildman–Crippen MR) is 215 cm³/mol. The second-order valence-electron chi connectivity index (χ2n) is 15.8. The minimum atomic E-state index is -4.06. The summed E-state index contributed by atoms with van der Waals surface area (Å²) in [5.41, 5.74) is 6.43. The van der Waals surface area contributed by atoms with Gasteiger partial charge in [-0.2, -0.15) is 0 Å². The molecule has 0 amide bonds. The first-order chi connectivity index (χ1) is 25.3. The normalized spacial score (nSPS) is 21.1. The summed E-state index contributed by atoms with van der Waals surface area (Å²) in [6, 6.07) is 26.0. The smallest absolute Gasteiger partial charge is 0.427 e. The van der Waals surface area contributed by atoms with Crippen LogP contribution in [0.3, 0.4) is 0 Å². The third kappa shape index (κ3) is 4.65. The first kappa shape index (κ1) is 33.5. The Balaban J connectivity index is 0.974. The van der Waals surface area contributed by atoms with Gasteiger partial charge in [-0.25, -0.2) is 0 Å². The molecule has 1 aliphatic carbocycles. The van der Waals surface area contributed by atoms with Crippen molar-refractivity contribution >= 4 is 67.3 Å². The molecule has 0 spiro atoms. The van der Waals surface area contributed by atoms with E-state index in [2.05, 4.69) is 80.6 Å². The number of aryl methyl sites for hydroxylation is 3. The van der Waals surface area contributed by atoms with E-state index in [1.54, 1.807) is 13.8 Å². The Morgan fingerprint density at radius 2 is 1.51 bits per heavy atom. The quantitative estimate of drug-likeness (QED) is 0.0749. The van der Waals surface area contributed by atoms with Crippen LogP contribution in [-0.4, -0.2) is 27.6 Å². The third-order valence-electron chi connectivity index (χ3n) is 12.6. The highest BCUT2D eigenvalue weighted by Crippen LogP contribution is 2.56. The fraction of sp³-hybridized carbons (Fsp3) is 0.261. The predicted octanol–water partition coefficient (Wildman–Crippen LogP) is 11.6. The Morgan fingerprint density at radius 1 is 0.868 bits per heavy atom. The zero-order valence-corrected chi connectivity index (χ0v) is 31.4. The van der Waals surface area contributed by atoms with Gasteiger partial charge in [-0.05, 0) is 125 Å². The molecule has 53 heavy (non-hydrogen) atoms. The summed E-state index contributed by atoms with van der Waals surface area (Å²) in [5, 5.41) is 10.1. The molecule has 6 aromatic rings. The highest BCUT2D eigenvalue weighted by molar-refractivity contribution is 6.58. The largest absolute Gasteiger partial charge is 0.737 e. The molecule has 4 nitrogen and oxygen atoms in total. The zero-order chi connectivity index (χ0) is 37.1. The molecule has 0 fully saturated rings. The summed E-state index contributed by atoms with van der Waals surface area (Å²) in [6.07, 6.45) is 7.49. The van der Waals surface area contributed by atoms with Gasteiger partial charge in [0.1, 0.15) is 11.5 Å². The monoisotopic (exact) mass is 704 g/mol. The maximum atomic E-state index is 16.3. The molecule has 0 bridgehead atoms. The van der Waals surface area contributed by atoms with Crippen LogP contribution >= 0.6 is 0 Å². The van der Waals surface area contributed by atoms with Crippen LogP contribution in [-0.2, 0) is 16.0 Å². The number of carbonyl (C=O) groups excluding carboxylic acids is 1. The summed E-state index contributed by atoms with van der Waals surface area (Å²) in [6.45, 7) is 9.58. The maximum absolute atomic E-state index is 16.3. The molecule has 2 unspecified atom stereocenters. The Bertz CT molecular complexity index is 2710. The van der Waals surface area contributed by atoms with Crippen LogP contribution in [0.15, 0.2) is 114 Å². The summed E-state index contributed by atoms with van der Waals surface area (Å²) in [4.78, 5) is 13.4. The van der Waals surface area contributed by atoms with E-state index in [4.69, 9.17) is 4.74 Å². The molecule has 0 radical (unpaired) electrons. The van der Waals surface area contributed by atoms with E-state index in [-0.39, 0.29) is 18.3 Å². The van der Waals surface area contributed by atoms with E-state index >= 15 is 8.63 Å². The first-order valence-electron chi connectivity index (χ1n) is 18.8. The van der Waals surface area contributed by atoms with Crippen LogP contribution in [0.2, 0.25) is 0 Å². The number of carbonyl (C=O) groups is 1. The number of aromatic nitrogens is 1. The molecule has 266 valence electrons. The molecule has 1 aromatic heterocycles. The van der Waals surface area contributed by atoms with Crippen molar-refractivity contribution in [2.45, 2.75) is 67.7 Å². The third-order valence-corrected chi connectivity index (χ3v) is 12.6. The zero-order valence-electron chi connectivity index (χ0n) is 31.4. The number of allylic oxidation sites excluding steroid dienone is 6. The standard InChI is InChI=1S/C46H43BF2N2O2/c1-26-22-30(5)50-44(26)43(45-27(2)23-31(6)51(45)47(50,48)49)46(7)28(3)24-34(25-29(46)4)53-40(52)19-10-12-32-20-21-39-37-17-9-14-33-13-8-16-36(41(33)37)38-18-11-15-35(32)42(38)39/h8-9,11,13-18,20-25,28H,10,12,19H2,1-7H3. The lowest BCUT2D eigenvalue weighted by Crippen LogP contribution is -2.53. The summed E-state index contributed by atoms with van der Waals surface area (Å²) in [5.74, 6) is 0.112. The molecule has 7 heteroatoms. The van der Waals surface area contributed by atoms with Gasteiger partial charge in [0.05, 0.1) is 5.57 Å². The van der Waals surface area contributed by atoms with Crippen LogP contribution in [0.1, 0.15) is 70.0 Å². The van der Waals surface area contributed by atoms with Gasteiger partial charge in [-0.3, -0.25) is 4.79 Å². The van der Waals surface area contributed by atoms with Gasteiger partial charge in [-0.15, -0.1) is 0 Å². The molecular formula is C46H43BF2N2O2. The number of nitrogens with zero attached hydrogens (tertiary/aromatic N) is 2. The fourth-order valence-corrected chi connectivity index (χ4v) is 9.99. The SMILES string of the molecule is CC1=CC(C)=[N+]2C1=C(C1(C)C(C)=CC(OC(=O)CCCc3ccc4c5cccc6cccc(c7cccc3c74)c65)=CC1C)c1c(C)cc(C)n1[B-]2(F)F. The van der Waals surface area contributed by atoms with Crippen molar-refractivity contribution in [3.63, 3.8) is 0 Å². The number of benzene rings is 5. The summed E-state index contributed by atoms with van der Waals surface area (Å²) in [7, 11) is 0. The Kier molecular flexibility index (Phi) is 7.34. The van der Waals surface area contributed by atoms with Crippen molar-refractivity contribution in [2.24, 2.45) is 11.3 Å². The second-order valence-corrected chi connectivity index (χ2v) is 15.8. The van der Waals surface area contributed by atoms with E-state index in [0.29, 0.717) is 35.0 Å². The molecule has 0 saturated heterocycles. The molecule has 3 aliphatic rings. The Morgan fingerprint density at radius 3 is 2.21 bits per heavy atom. The average molecular weight is 705 g/mol. The molecule has 3 heterocycles. The van der Waals surface area contributed by atoms with E-state index in [9.17, 15) is 4.79 Å². The number of halogens is 2. The molecule has 9 rings (SSSR count). The number of rotatable bonds is 6. The van der Waals surface area contributed by atoms with Crippen molar-refractivity contribution < 1.29 is 22.6 Å². The van der Waals surface area contributed by atoms with Crippen LogP contribution < -0.4 is 0 Å². The molecule has 2 atom stereocenters. The van der Waals surface area contributed by atoms with Gasteiger partial charge in [-0.1, -0.05) is 86.2 Å². The number of fused-ring (bicyclic) bond motifs is 4. The first-order valence-corrected chi connectivity index (χ1v) is 18.8. The van der Waals surface area contributed by atoms with Gasteiger partial charge in [0.25, 0.3) is 0 Å². The van der Waals surface area contributed by atoms with E-state index in [1.165, 1.54) is 57.6 Å². The molecule has 5 aromatic carbocycles.